The average molecular weight is 349 g/mol. The lowest BCUT2D eigenvalue weighted by atomic mass is 10.1. The van der Waals surface area contributed by atoms with Crippen molar-refractivity contribution in [3.05, 3.63) is 47.6 Å². The predicted molar refractivity (Wildman–Crippen MR) is 91.3 cm³/mol. The summed E-state index contributed by atoms with van der Waals surface area (Å²) in [6.45, 7) is 3.08. The van der Waals surface area contributed by atoms with E-state index in [0.29, 0.717) is 31.2 Å². The number of aromatic nitrogens is 2. The molecule has 1 fully saturated rings. The maximum absolute atomic E-state index is 11.8. The molecule has 1 saturated heterocycles. The van der Waals surface area contributed by atoms with Crippen molar-refractivity contribution in [3.8, 4) is 0 Å². The molecule has 7 heteroatoms. The summed E-state index contributed by atoms with van der Waals surface area (Å²) in [4.78, 5) is 6.56. The van der Waals surface area contributed by atoms with Crippen LogP contribution in [0.5, 0.6) is 0 Å². The van der Waals surface area contributed by atoms with Gasteiger partial charge >= 0.3 is 0 Å². The first-order valence-electron chi connectivity index (χ1n) is 8.32. The van der Waals surface area contributed by atoms with Gasteiger partial charge < -0.3 is 4.52 Å². The van der Waals surface area contributed by atoms with Gasteiger partial charge in [0, 0.05) is 19.0 Å². The van der Waals surface area contributed by atoms with Crippen LogP contribution >= 0.6 is 0 Å². The predicted octanol–water partition coefficient (Wildman–Crippen LogP) is 1.86. The van der Waals surface area contributed by atoms with Crippen LogP contribution < -0.4 is 0 Å². The maximum atomic E-state index is 11.8. The van der Waals surface area contributed by atoms with Crippen molar-refractivity contribution in [3.63, 3.8) is 0 Å². The second-order valence-corrected chi connectivity index (χ2v) is 8.65. The Morgan fingerprint density at radius 2 is 2.00 bits per heavy atom. The van der Waals surface area contributed by atoms with Gasteiger partial charge in [0.2, 0.25) is 5.89 Å². The highest BCUT2D eigenvalue weighted by molar-refractivity contribution is 7.91. The molecule has 0 saturated carbocycles. The molecule has 0 amide bonds. The van der Waals surface area contributed by atoms with Crippen molar-refractivity contribution in [2.75, 3.05) is 18.1 Å². The second kappa shape index (κ2) is 7.44. The van der Waals surface area contributed by atoms with Crippen LogP contribution in [0.4, 0.5) is 0 Å². The molecule has 6 nitrogen and oxygen atoms in total. The molecule has 2 aromatic rings. The van der Waals surface area contributed by atoms with Gasteiger partial charge in [-0.15, -0.1) is 0 Å². The molecule has 0 aliphatic carbocycles. The van der Waals surface area contributed by atoms with Gasteiger partial charge in [0.25, 0.3) is 0 Å². The van der Waals surface area contributed by atoms with Crippen molar-refractivity contribution in [2.45, 2.75) is 38.8 Å². The molecule has 1 aromatic heterocycles. The molecule has 130 valence electrons. The molecule has 1 aromatic carbocycles. The minimum absolute atomic E-state index is 0.196. The molecular formula is C17H23N3O3S. The third-order valence-electron chi connectivity index (χ3n) is 4.49. The monoisotopic (exact) mass is 349 g/mol. The Balaban J connectivity index is 1.57. The summed E-state index contributed by atoms with van der Waals surface area (Å²) in [5.74, 6) is 1.72. The van der Waals surface area contributed by atoms with Crippen LogP contribution in [0.25, 0.3) is 0 Å². The molecule has 0 bridgehead atoms. The Kier molecular flexibility index (Phi) is 5.30. The number of benzene rings is 1. The summed E-state index contributed by atoms with van der Waals surface area (Å²) in [6.07, 6.45) is 2.26. The quantitative estimate of drug-likeness (QED) is 0.820. The summed E-state index contributed by atoms with van der Waals surface area (Å²) in [6, 6.07) is 10.4. The van der Waals surface area contributed by atoms with E-state index >= 15 is 0 Å². The van der Waals surface area contributed by atoms with Crippen molar-refractivity contribution >= 4 is 9.84 Å². The van der Waals surface area contributed by atoms with E-state index in [1.54, 1.807) is 0 Å². The lowest BCUT2D eigenvalue weighted by molar-refractivity contribution is 0.184. The molecule has 0 radical (unpaired) electrons. The van der Waals surface area contributed by atoms with Gasteiger partial charge in [0.1, 0.15) is 0 Å². The minimum Gasteiger partial charge on any atom is -0.338 e. The van der Waals surface area contributed by atoms with Crippen LogP contribution in [0.15, 0.2) is 34.9 Å². The van der Waals surface area contributed by atoms with Crippen molar-refractivity contribution in [1.29, 1.82) is 0 Å². The number of aryl methyl sites for hydroxylation is 2. The van der Waals surface area contributed by atoms with Crippen LogP contribution in [0.1, 0.15) is 30.6 Å². The first-order valence-corrected chi connectivity index (χ1v) is 10.1. The fourth-order valence-corrected chi connectivity index (χ4v) is 4.29. The Bertz CT molecular complexity index is 758. The van der Waals surface area contributed by atoms with Crippen molar-refractivity contribution < 1.29 is 12.9 Å². The van der Waals surface area contributed by atoms with Gasteiger partial charge in [-0.25, -0.2) is 8.42 Å². The number of hydrogen-bond acceptors (Lipinski definition) is 6. The van der Waals surface area contributed by atoms with E-state index in [-0.39, 0.29) is 17.5 Å². The van der Waals surface area contributed by atoms with Crippen molar-refractivity contribution in [2.24, 2.45) is 0 Å². The van der Waals surface area contributed by atoms with E-state index in [4.69, 9.17) is 4.52 Å². The fourth-order valence-electron chi connectivity index (χ4n) is 2.88. The summed E-state index contributed by atoms with van der Waals surface area (Å²) >= 11 is 0. The highest BCUT2D eigenvalue weighted by Crippen LogP contribution is 2.15. The lowest BCUT2D eigenvalue weighted by Gasteiger charge is -2.24. The third-order valence-corrected chi connectivity index (χ3v) is 6.15. The van der Waals surface area contributed by atoms with Crippen LogP contribution in [0.3, 0.4) is 0 Å². The van der Waals surface area contributed by atoms with E-state index < -0.39 is 9.84 Å². The standard InChI is InChI=1S/C17H23N3O3S/c1-14-9-11-24(21,22)12-10-20(14)13-17-18-16(19-23-17)8-7-15-5-3-2-4-6-15/h2-6,14H,7-13H2,1H3/t14-/m0/s1. The smallest absolute Gasteiger partial charge is 0.240 e. The number of sulfone groups is 1. The van der Waals surface area contributed by atoms with E-state index in [9.17, 15) is 8.42 Å². The molecule has 1 atom stereocenters. The van der Waals surface area contributed by atoms with E-state index in [0.717, 1.165) is 12.8 Å². The first kappa shape index (κ1) is 17.1. The lowest BCUT2D eigenvalue weighted by Crippen LogP contribution is -2.33. The summed E-state index contributed by atoms with van der Waals surface area (Å²) in [7, 11) is -2.92. The highest BCUT2D eigenvalue weighted by atomic mass is 32.2. The first-order chi connectivity index (χ1) is 11.5. The number of nitrogens with zero attached hydrogens (tertiary/aromatic N) is 3. The SMILES string of the molecule is C[C@H]1CCS(=O)(=O)CCN1Cc1nc(CCc2ccccc2)no1. The van der Waals surface area contributed by atoms with Gasteiger partial charge in [0.05, 0.1) is 18.1 Å². The average Bonchev–Trinajstić information content (AvgIpc) is 2.98. The third kappa shape index (κ3) is 4.64. The Labute approximate surface area is 142 Å². The second-order valence-electron chi connectivity index (χ2n) is 6.35. The molecule has 24 heavy (non-hydrogen) atoms. The molecule has 0 unspecified atom stereocenters. The van der Waals surface area contributed by atoms with Crippen LogP contribution in [-0.2, 0) is 29.2 Å². The van der Waals surface area contributed by atoms with Crippen LogP contribution in [-0.4, -0.2) is 47.6 Å². The van der Waals surface area contributed by atoms with E-state index in [1.165, 1.54) is 5.56 Å². The molecule has 0 N–H and O–H groups in total. The van der Waals surface area contributed by atoms with Gasteiger partial charge in [-0.05, 0) is 25.3 Å². The Hall–Kier alpha value is -1.73. The topological polar surface area (TPSA) is 76.3 Å². The summed E-state index contributed by atoms with van der Waals surface area (Å²) in [5, 5.41) is 4.04. The Morgan fingerprint density at radius 3 is 2.79 bits per heavy atom. The normalized spacial score (nSPS) is 21.5. The van der Waals surface area contributed by atoms with Gasteiger partial charge in [0.15, 0.2) is 15.7 Å². The van der Waals surface area contributed by atoms with Gasteiger partial charge in [-0.3, -0.25) is 4.90 Å². The largest absolute Gasteiger partial charge is 0.338 e. The van der Waals surface area contributed by atoms with Gasteiger partial charge in [-0.1, -0.05) is 35.5 Å². The van der Waals surface area contributed by atoms with Crippen LogP contribution in [0, 0.1) is 0 Å². The number of rotatable bonds is 5. The molecular weight excluding hydrogens is 326 g/mol. The zero-order chi connectivity index (χ0) is 17.0. The van der Waals surface area contributed by atoms with E-state index in [1.807, 2.05) is 25.1 Å². The maximum Gasteiger partial charge on any atom is 0.240 e. The zero-order valence-electron chi connectivity index (χ0n) is 13.9. The van der Waals surface area contributed by atoms with Crippen LogP contribution in [0.2, 0.25) is 0 Å². The van der Waals surface area contributed by atoms with E-state index in [2.05, 4.69) is 27.2 Å². The Morgan fingerprint density at radius 1 is 1.21 bits per heavy atom. The fraction of sp³-hybridized carbons (Fsp3) is 0.529. The molecule has 2 heterocycles. The molecule has 1 aliphatic rings. The zero-order valence-corrected chi connectivity index (χ0v) is 14.7. The molecule has 3 rings (SSSR count). The number of hydrogen-bond donors (Lipinski definition) is 0. The molecule has 1 aliphatic heterocycles. The highest BCUT2D eigenvalue weighted by Gasteiger charge is 2.25. The summed E-state index contributed by atoms with van der Waals surface area (Å²) in [5.41, 5.74) is 1.25. The molecule has 0 spiro atoms. The summed E-state index contributed by atoms with van der Waals surface area (Å²) < 4.78 is 28.9. The van der Waals surface area contributed by atoms with Gasteiger partial charge in [-0.2, -0.15) is 4.98 Å². The minimum atomic E-state index is -2.92. The van der Waals surface area contributed by atoms with Crippen molar-refractivity contribution in [1.82, 2.24) is 15.0 Å².